The van der Waals surface area contributed by atoms with E-state index in [1.165, 1.54) is 29.6 Å². The molecule has 8 rings (SSSR count). The van der Waals surface area contributed by atoms with Gasteiger partial charge in [-0.3, -0.25) is 14.8 Å². The third-order valence-corrected chi connectivity index (χ3v) is 12.8. The van der Waals surface area contributed by atoms with Gasteiger partial charge in [0.1, 0.15) is 24.7 Å². The number of ether oxygens (including phenoxy) is 4. The summed E-state index contributed by atoms with van der Waals surface area (Å²) in [5, 5.41) is 13.8. The molecule has 3 amide bonds. The second-order valence-electron chi connectivity index (χ2n) is 15.8. The van der Waals surface area contributed by atoms with E-state index < -0.39 is 0 Å². The van der Waals surface area contributed by atoms with Gasteiger partial charge in [0.2, 0.25) is 5.91 Å². The van der Waals surface area contributed by atoms with Crippen molar-refractivity contribution in [1.29, 1.82) is 5.26 Å². The zero-order chi connectivity index (χ0) is 44.5. The fourth-order valence-corrected chi connectivity index (χ4v) is 8.71. The molecule has 4 heterocycles. The van der Waals surface area contributed by atoms with Gasteiger partial charge in [0.05, 0.1) is 45.6 Å². The van der Waals surface area contributed by atoms with E-state index in [9.17, 15) is 14.4 Å². The lowest BCUT2D eigenvalue weighted by Gasteiger charge is -2.31. The number of nitrogens with one attached hydrogen (secondary N) is 1. The minimum atomic E-state index is -0.247. The second kappa shape index (κ2) is 23.3. The number of likely N-dealkylation sites (tertiary alicyclic amines) is 2. The zero-order valence-corrected chi connectivity index (χ0v) is 37.5. The van der Waals surface area contributed by atoms with Crippen LogP contribution in [0.4, 0.5) is 15.3 Å². The summed E-state index contributed by atoms with van der Waals surface area (Å²) < 4.78 is 22.7. The predicted molar refractivity (Wildman–Crippen MR) is 248 cm³/mol. The van der Waals surface area contributed by atoms with Crippen LogP contribution in [-0.4, -0.2) is 77.3 Å². The normalized spacial score (nSPS) is 14.2. The molecule has 0 atom stereocenters. The van der Waals surface area contributed by atoms with Gasteiger partial charge in [-0.15, -0.1) is 22.7 Å². The van der Waals surface area contributed by atoms with Crippen LogP contribution < -0.4 is 14.8 Å². The van der Waals surface area contributed by atoms with Crippen LogP contribution in [0.2, 0.25) is 0 Å². The molecule has 2 fully saturated rings. The van der Waals surface area contributed by atoms with Gasteiger partial charge in [0.15, 0.2) is 0 Å². The van der Waals surface area contributed by atoms with Gasteiger partial charge in [-0.25, -0.2) is 9.59 Å². The summed E-state index contributed by atoms with van der Waals surface area (Å²) in [6.07, 6.45) is 8.74. The molecule has 0 bridgehead atoms. The van der Waals surface area contributed by atoms with Crippen molar-refractivity contribution in [2.24, 2.45) is 11.8 Å². The largest absolute Gasteiger partial charge is 0.494 e. The van der Waals surface area contributed by atoms with Crippen molar-refractivity contribution in [3.63, 3.8) is 0 Å². The number of nitriles is 1. The minimum absolute atomic E-state index is 0.0862. The number of rotatable bonds is 14. The van der Waals surface area contributed by atoms with Crippen LogP contribution in [0, 0.1) is 23.2 Å². The Morgan fingerprint density at radius 3 is 1.72 bits per heavy atom. The van der Waals surface area contributed by atoms with Crippen molar-refractivity contribution in [3.8, 4) is 28.7 Å². The van der Waals surface area contributed by atoms with E-state index in [1.54, 1.807) is 33.2 Å². The first-order valence-corrected chi connectivity index (χ1v) is 23.3. The average Bonchev–Trinajstić information content (AvgIpc) is 4.07. The molecule has 0 aliphatic carbocycles. The Bertz CT molecular complexity index is 2440. The first-order chi connectivity index (χ1) is 31.3. The van der Waals surface area contributed by atoms with E-state index in [0.717, 1.165) is 100 Å². The lowest BCUT2D eigenvalue weighted by atomic mass is 9.94. The Labute approximate surface area is 381 Å². The van der Waals surface area contributed by atoms with Gasteiger partial charge in [-0.05, 0) is 115 Å². The van der Waals surface area contributed by atoms with Gasteiger partial charge < -0.3 is 34.1 Å². The lowest BCUT2D eigenvalue weighted by Crippen LogP contribution is -2.39. The summed E-state index contributed by atoms with van der Waals surface area (Å²) in [5.74, 6) is 2.68. The highest BCUT2D eigenvalue weighted by Crippen LogP contribution is 2.29. The standard InChI is InChI=1S/C25H25N3O3S.C24H27N3O4S/c26-15-20-1-3-21(4-2-20)22-5-7-23(8-6-22)30-14-11-19-9-12-28(13-10-19)25(29)31-17-24-16-27-18-32-24;1-17(28)26-23-4-2-3-19-13-20(5-6-22(19)23)30-12-9-18-7-10-27(11-8-18)24(29)31-15-21-14-25-16-32-21/h1-8,16,18-19H,9-14,17H2;2-6,13-14,16,18H,7-12,15H2,1H3,(H,26,28). The first-order valence-electron chi connectivity index (χ1n) is 21.5. The number of hydrogen-bond acceptors (Lipinski definition) is 12. The van der Waals surface area contributed by atoms with Crippen LogP contribution in [0.25, 0.3) is 21.9 Å². The molecular formula is C49H52N6O7S2. The maximum Gasteiger partial charge on any atom is 0.410 e. The smallest absolute Gasteiger partial charge is 0.410 e. The molecule has 0 saturated carbocycles. The first kappa shape index (κ1) is 45.5. The molecule has 4 aromatic carbocycles. The monoisotopic (exact) mass is 900 g/mol. The third-order valence-electron chi connectivity index (χ3n) is 11.3. The van der Waals surface area contributed by atoms with Crippen molar-refractivity contribution in [2.45, 2.75) is 58.7 Å². The van der Waals surface area contributed by atoms with E-state index in [0.29, 0.717) is 50.3 Å². The van der Waals surface area contributed by atoms with E-state index >= 15 is 0 Å². The number of piperidine rings is 2. The number of amides is 3. The molecule has 0 radical (unpaired) electrons. The number of aromatic nitrogens is 2. The fraction of sp³-hybridized carbons (Fsp3) is 0.347. The molecular weight excluding hydrogens is 849 g/mol. The molecule has 0 spiro atoms. The quantitative estimate of drug-likeness (QED) is 0.112. The Kier molecular flexibility index (Phi) is 16.5. The van der Waals surface area contributed by atoms with E-state index in [1.807, 2.05) is 84.9 Å². The lowest BCUT2D eigenvalue weighted by molar-refractivity contribution is -0.114. The number of carbonyl (C=O) groups is 3. The van der Waals surface area contributed by atoms with Crippen molar-refractivity contribution < 1.29 is 33.3 Å². The van der Waals surface area contributed by atoms with Crippen molar-refractivity contribution >= 4 is 57.2 Å². The maximum atomic E-state index is 12.2. The van der Waals surface area contributed by atoms with Gasteiger partial charge >= 0.3 is 12.2 Å². The molecule has 6 aromatic rings. The zero-order valence-electron chi connectivity index (χ0n) is 35.9. The number of thiazole rings is 2. The highest BCUT2D eigenvalue weighted by atomic mass is 32.1. The maximum absolute atomic E-state index is 12.2. The van der Waals surface area contributed by atoms with Crippen LogP contribution in [0.3, 0.4) is 0 Å². The van der Waals surface area contributed by atoms with Gasteiger partial charge in [0, 0.05) is 56.6 Å². The molecule has 1 N–H and O–H groups in total. The minimum Gasteiger partial charge on any atom is -0.494 e. The summed E-state index contributed by atoms with van der Waals surface area (Å²) in [5.41, 5.74) is 7.11. The Morgan fingerprint density at radius 1 is 0.703 bits per heavy atom. The second-order valence-corrected chi connectivity index (χ2v) is 17.7. The van der Waals surface area contributed by atoms with E-state index in [-0.39, 0.29) is 24.7 Å². The molecule has 15 heteroatoms. The molecule has 332 valence electrons. The Balaban J connectivity index is 0.000000191. The fourth-order valence-electron chi connectivity index (χ4n) is 7.70. The highest BCUT2D eigenvalue weighted by Gasteiger charge is 2.25. The average molecular weight is 901 g/mol. The van der Waals surface area contributed by atoms with E-state index in [4.69, 9.17) is 24.2 Å². The molecule has 2 aliphatic rings. The summed E-state index contributed by atoms with van der Waals surface area (Å²) in [7, 11) is 0. The van der Waals surface area contributed by atoms with Crippen LogP contribution >= 0.6 is 22.7 Å². The van der Waals surface area contributed by atoms with Crippen molar-refractivity contribution in [1.82, 2.24) is 19.8 Å². The van der Waals surface area contributed by atoms with Gasteiger partial charge in [0.25, 0.3) is 0 Å². The molecule has 2 aromatic heterocycles. The highest BCUT2D eigenvalue weighted by molar-refractivity contribution is 7.09. The Morgan fingerprint density at radius 2 is 1.22 bits per heavy atom. The summed E-state index contributed by atoms with van der Waals surface area (Å²) >= 11 is 2.97. The van der Waals surface area contributed by atoms with E-state index in [2.05, 4.69) is 21.4 Å². The number of nitrogens with zero attached hydrogens (tertiary/aromatic N) is 5. The number of hydrogen-bond donors (Lipinski definition) is 1. The Hall–Kier alpha value is -6.50. The van der Waals surface area contributed by atoms with Crippen LogP contribution in [0.1, 0.15) is 60.8 Å². The molecule has 2 saturated heterocycles. The third kappa shape index (κ3) is 13.5. The predicted octanol–water partition coefficient (Wildman–Crippen LogP) is 10.6. The number of benzene rings is 4. The SMILES string of the molecule is CC(=O)Nc1cccc2cc(OCCC3CCN(C(=O)OCc4cncs4)CC3)ccc12.N#Cc1ccc(-c2ccc(OCCC3CCN(C(=O)OCc4cncs4)CC3)cc2)cc1. The number of anilines is 1. The van der Waals surface area contributed by atoms with Crippen LogP contribution in [-0.2, 0) is 27.5 Å². The topological polar surface area (TPSA) is 156 Å². The molecule has 0 unspecified atom stereocenters. The van der Waals surface area contributed by atoms with Crippen molar-refractivity contribution in [2.75, 3.05) is 44.7 Å². The summed E-state index contributed by atoms with van der Waals surface area (Å²) in [4.78, 5) is 49.3. The van der Waals surface area contributed by atoms with Crippen molar-refractivity contribution in [3.05, 3.63) is 124 Å². The van der Waals surface area contributed by atoms with Gasteiger partial charge in [-0.2, -0.15) is 5.26 Å². The number of carbonyl (C=O) groups excluding carboxylic acids is 3. The van der Waals surface area contributed by atoms with Gasteiger partial charge in [-0.1, -0.05) is 36.4 Å². The molecule has 13 nitrogen and oxygen atoms in total. The molecule has 64 heavy (non-hydrogen) atoms. The summed E-state index contributed by atoms with van der Waals surface area (Å²) in [6.45, 7) is 6.27. The molecule has 2 aliphatic heterocycles. The summed E-state index contributed by atoms with van der Waals surface area (Å²) in [6, 6.07) is 29.5. The number of fused-ring (bicyclic) bond motifs is 1. The van der Waals surface area contributed by atoms with Crippen LogP contribution in [0.15, 0.2) is 108 Å². The van der Waals surface area contributed by atoms with Crippen LogP contribution in [0.5, 0.6) is 11.5 Å².